The molecular weight excluding hydrogens is 490 g/mol. The molecule has 0 bridgehead atoms. The molecular formula is C28H36ClN5O3. The summed E-state index contributed by atoms with van der Waals surface area (Å²) in [5.74, 6) is 1.99. The number of aromatic nitrogens is 3. The predicted molar refractivity (Wildman–Crippen MR) is 148 cm³/mol. The van der Waals surface area contributed by atoms with Crippen molar-refractivity contribution >= 4 is 17.4 Å². The molecule has 1 fully saturated rings. The molecule has 0 saturated carbocycles. The Hall–Kier alpha value is -2.78. The fraction of sp³-hybridized carbons (Fsp3) is 0.464. The first-order valence-electron chi connectivity index (χ1n) is 12.7. The molecule has 0 aliphatic carbocycles. The first-order chi connectivity index (χ1) is 17.7. The zero-order valence-corrected chi connectivity index (χ0v) is 23.0. The number of aliphatic hydroxyl groups is 1. The number of rotatable bonds is 9. The summed E-state index contributed by atoms with van der Waals surface area (Å²) >= 11 is 6.49. The highest BCUT2D eigenvalue weighted by molar-refractivity contribution is 6.31. The van der Waals surface area contributed by atoms with Gasteiger partial charge in [-0.3, -0.25) is 4.98 Å². The Labute approximate surface area is 224 Å². The number of hydrogen-bond donors (Lipinski definition) is 2. The van der Waals surface area contributed by atoms with Crippen molar-refractivity contribution < 1.29 is 14.6 Å². The summed E-state index contributed by atoms with van der Waals surface area (Å²) in [4.78, 5) is 16.9. The van der Waals surface area contributed by atoms with Gasteiger partial charge < -0.3 is 24.8 Å². The van der Waals surface area contributed by atoms with Gasteiger partial charge in [0, 0.05) is 65.9 Å². The molecule has 0 spiro atoms. The van der Waals surface area contributed by atoms with Gasteiger partial charge in [-0.25, -0.2) is 9.97 Å². The van der Waals surface area contributed by atoms with Crippen LogP contribution in [0.25, 0.3) is 22.6 Å². The molecule has 2 aromatic heterocycles. The summed E-state index contributed by atoms with van der Waals surface area (Å²) < 4.78 is 11.4. The lowest BCUT2D eigenvalue weighted by Crippen LogP contribution is -2.37. The molecule has 0 radical (unpaired) electrons. The van der Waals surface area contributed by atoms with Crippen molar-refractivity contribution in [3.63, 3.8) is 0 Å². The van der Waals surface area contributed by atoms with Crippen LogP contribution in [0.5, 0.6) is 5.75 Å². The molecule has 1 aliphatic heterocycles. The Balaban J connectivity index is 1.80. The lowest BCUT2D eigenvalue weighted by molar-refractivity contribution is 0.0853. The minimum absolute atomic E-state index is 0.147. The smallest absolute Gasteiger partial charge is 0.162 e. The minimum atomic E-state index is -0.632. The fourth-order valence-electron chi connectivity index (χ4n) is 4.74. The number of hydrogen-bond acceptors (Lipinski definition) is 8. The highest BCUT2D eigenvalue weighted by Gasteiger charge is 2.24. The zero-order valence-electron chi connectivity index (χ0n) is 22.2. The second-order valence-electron chi connectivity index (χ2n) is 9.64. The number of benzene rings is 1. The Morgan fingerprint density at radius 1 is 1.05 bits per heavy atom. The van der Waals surface area contributed by atoms with Crippen molar-refractivity contribution in [1.29, 1.82) is 0 Å². The van der Waals surface area contributed by atoms with Crippen LogP contribution < -0.4 is 15.0 Å². The van der Waals surface area contributed by atoms with Crippen LogP contribution in [0.15, 0.2) is 30.3 Å². The van der Waals surface area contributed by atoms with E-state index >= 15 is 0 Å². The normalized spacial score (nSPS) is 15.0. The first kappa shape index (κ1) is 27.3. The van der Waals surface area contributed by atoms with Crippen LogP contribution >= 0.6 is 11.6 Å². The van der Waals surface area contributed by atoms with Gasteiger partial charge in [0.05, 0.1) is 5.69 Å². The van der Waals surface area contributed by atoms with Crippen molar-refractivity contribution in [2.24, 2.45) is 0 Å². The molecule has 1 saturated heterocycles. The van der Waals surface area contributed by atoms with Crippen LogP contribution in [-0.2, 0) is 4.74 Å². The van der Waals surface area contributed by atoms with Gasteiger partial charge in [0.15, 0.2) is 5.82 Å². The quantitative estimate of drug-likeness (QED) is 0.426. The maximum absolute atomic E-state index is 10.1. The number of ether oxygens (including phenoxy) is 2. The van der Waals surface area contributed by atoms with E-state index in [0.717, 1.165) is 65.6 Å². The first-order valence-corrected chi connectivity index (χ1v) is 13.0. The van der Waals surface area contributed by atoms with E-state index in [0.29, 0.717) is 29.2 Å². The van der Waals surface area contributed by atoms with Gasteiger partial charge in [0.1, 0.15) is 24.3 Å². The third kappa shape index (κ3) is 6.76. The summed E-state index contributed by atoms with van der Waals surface area (Å²) in [5, 5.41) is 13.5. The van der Waals surface area contributed by atoms with E-state index in [1.54, 1.807) is 13.1 Å². The predicted octanol–water partition coefficient (Wildman–Crippen LogP) is 4.36. The second kappa shape index (κ2) is 12.2. The maximum Gasteiger partial charge on any atom is 0.162 e. The molecule has 4 rings (SSSR count). The van der Waals surface area contributed by atoms with E-state index in [-0.39, 0.29) is 6.61 Å². The summed E-state index contributed by atoms with van der Waals surface area (Å²) in [7, 11) is 3.88. The molecule has 8 nitrogen and oxygen atoms in total. The van der Waals surface area contributed by atoms with E-state index in [9.17, 15) is 5.11 Å². The summed E-state index contributed by atoms with van der Waals surface area (Å²) in [6.07, 6.45) is 1.26. The molecule has 1 aliphatic rings. The van der Waals surface area contributed by atoms with Gasteiger partial charge in [-0.15, -0.1) is 0 Å². The fourth-order valence-corrected chi connectivity index (χ4v) is 4.96. The Morgan fingerprint density at radius 3 is 2.43 bits per heavy atom. The maximum atomic E-state index is 10.1. The number of aryl methyl sites for hydroxylation is 2. The number of nitrogens with one attached hydrogen (secondary N) is 1. The molecule has 198 valence electrons. The van der Waals surface area contributed by atoms with E-state index in [1.807, 2.05) is 26.0 Å². The van der Waals surface area contributed by atoms with Gasteiger partial charge >= 0.3 is 0 Å². The minimum Gasteiger partial charge on any atom is -0.491 e. The second-order valence-corrected chi connectivity index (χ2v) is 10.1. The lowest BCUT2D eigenvalue weighted by atomic mass is 10.0. The molecule has 9 heteroatoms. The summed E-state index contributed by atoms with van der Waals surface area (Å²) in [6.45, 7) is 8.13. The van der Waals surface area contributed by atoms with Crippen LogP contribution in [0, 0.1) is 20.8 Å². The third-order valence-corrected chi connectivity index (χ3v) is 6.78. The Morgan fingerprint density at radius 2 is 1.76 bits per heavy atom. The molecule has 37 heavy (non-hydrogen) atoms. The number of halogens is 1. The molecule has 2 N–H and O–H groups in total. The van der Waals surface area contributed by atoms with Crippen LogP contribution in [0.3, 0.4) is 0 Å². The standard InChI is InChI=1S/C28H36ClN5O3/c1-17-10-20(11-18(2)31-17)26-19(3)28(34(5)23-6-8-36-9-7-23)33-27(32-26)21-12-22(29)14-25(13-21)37-16-24(35)15-30-4/h10-14,23-24,30,35H,6-9,15-16H2,1-5H3. The Bertz CT molecular complexity index is 1210. The van der Waals surface area contributed by atoms with Gasteiger partial charge in [0.2, 0.25) is 0 Å². The van der Waals surface area contributed by atoms with Gasteiger partial charge in [-0.2, -0.15) is 0 Å². The average Bonchev–Trinajstić information content (AvgIpc) is 2.87. The van der Waals surface area contributed by atoms with Crippen LogP contribution in [0.2, 0.25) is 5.02 Å². The van der Waals surface area contributed by atoms with Crippen molar-refractivity contribution in [3.05, 3.63) is 52.3 Å². The molecule has 3 aromatic rings. The van der Waals surface area contributed by atoms with Crippen LogP contribution in [-0.4, -0.2) is 72.7 Å². The average molecular weight is 526 g/mol. The van der Waals surface area contributed by atoms with Crippen molar-refractivity contribution in [2.45, 2.75) is 45.8 Å². The van der Waals surface area contributed by atoms with Crippen molar-refractivity contribution in [1.82, 2.24) is 20.3 Å². The van der Waals surface area contributed by atoms with Gasteiger partial charge in [-0.05, 0) is 71.0 Å². The Kier molecular flexibility index (Phi) is 8.97. The van der Waals surface area contributed by atoms with Crippen molar-refractivity contribution in [2.75, 3.05) is 45.4 Å². The third-order valence-electron chi connectivity index (χ3n) is 6.56. The number of anilines is 1. The van der Waals surface area contributed by atoms with Crippen molar-refractivity contribution in [3.8, 4) is 28.4 Å². The SMILES string of the molecule is CNCC(O)COc1cc(Cl)cc(-c2nc(-c3cc(C)nc(C)c3)c(C)c(N(C)C3CCOCC3)n2)c1. The van der Waals surface area contributed by atoms with E-state index in [4.69, 9.17) is 31.0 Å². The molecule has 0 amide bonds. The number of nitrogens with zero attached hydrogens (tertiary/aromatic N) is 4. The molecule has 1 unspecified atom stereocenters. The molecule has 1 aromatic carbocycles. The molecule has 3 heterocycles. The monoisotopic (exact) mass is 525 g/mol. The summed E-state index contributed by atoms with van der Waals surface area (Å²) in [5.41, 5.74) is 5.49. The number of pyridine rings is 1. The van der Waals surface area contributed by atoms with Crippen LogP contribution in [0.1, 0.15) is 29.8 Å². The molecule has 1 atom stereocenters. The summed E-state index contributed by atoms with van der Waals surface area (Å²) in [6, 6.07) is 9.88. The van der Waals surface area contributed by atoms with E-state index in [2.05, 4.69) is 41.3 Å². The largest absolute Gasteiger partial charge is 0.491 e. The number of likely N-dealkylation sites (N-methyl/N-ethyl adjacent to an activating group) is 1. The number of aliphatic hydroxyl groups excluding tert-OH is 1. The lowest BCUT2D eigenvalue weighted by Gasteiger charge is -2.33. The van der Waals surface area contributed by atoms with Gasteiger partial charge in [0.25, 0.3) is 0 Å². The van der Waals surface area contributed by atoms with Gasteiger partial charge in [-0.1, -0.05) is 11.6 Å². The highest BCUT2D eigenvalue weighted by atomic mass is 35.5. The topological polar surface area (TPSA) is 92.6 Å². The van der Waals surface area contributed by atoms with E-state index in [1.165, 1.54) is 0 Å². The highest BCUT2D eigenvalue weighted by Crippen LogP contribution is 2.35. The van der Waals surface area contributed by atoms with E-state index < -0.39 is 6.10 Å². The zero-order chi connectivity index (χ0) is 26.5. The van der Waals surface area contributed by atoms with Crippen LogP contribution in [0.4, 0.5) is 5.82 Å².